The second-order valence-electron chi connectivity index (χ2n) is 5.37. The van der Waals surface area contributed by atoms with Crippen molar-refractivity contribution in [2.45, 2.75) is 50.7 Å². The van der Waals surface area contributed by atoms with Gasteiger partial charge >= 0.3 is 5.69 Å². The zero-order valence-corrected chi connectivity index (χ0v) is 12.2. The maximum Gasteiger partial charge on any atom is 0.351 e. The largest absolute Gasteiger partial charge is 0.387 e. The third-order valence-corrected chi connectivity index (χ3v) is 3.32. The number of ether oxygens (including phenoxy) is 2. The molecule has 9 heteroatoms. The SMILES string of the molecule is CC(C)OC[C@H]1O[C@@H](n2ccc(N)nc2=O)C(F)[C@@H](F)[C@H]1O. The van der Waals surface area contributed by atoms with Gasteiger partial charge in [0.15, 0.2) is 18.6 Å². The van der Waals surface area contributed by atoms with Crippen LogP contribution in [0.1, 0.15) is 20.1 Å². The Bertz CT molecular complexity index is 568. The van der Waals surface area contributed by atoms with Gasteiger partial charge in [0.25, 0.3) is 0 Å². The maximum atomic E-state index is 14.1. The molecule has 3 N–H and O–H groups in total. The number of anilines is 1. The van der Waals surface area contributed by atoms with Crippen LogP contribution in [0.15, 0.2) is 17.1 Å². The molecule has 5 atom stereocenters. The monoisotopic (exact) mass is 319 g/mol. The van der Waals surface area contributed by atoms with Crippen molar-refractivity contribution in [1.82, 2.24) is 9.55 Å². The molecule has 0 bridgehead atoms. The number of nitrogens with zero attached hydrogens (tertiary/aromatic N) is 2. The van der Waals surface area contributed by atoms with Gasteiger partial charge in [-0.3, -0.25) is 4.57 Å². The van der Waals surface area contributed by atoms with Crippen molar-refractivity contribution in [3.05, 3.63) is 22.7 Å². The van der Waals surface area contributed by atoms with Gasteiger partial charge in [0.2, 0.25) is 0 Å². The normalized spacial score (nSPS) is 32.4. The number of aromatic nitrogens is 2. The van der Waals surface area contributed by atoms with Crippen molar-refractivity contribution in [2.24, 2.45) is 0 Å². The summed E-state index contributed by atoms with van der Waals surface area (Å²) in [5, 5.41) is 9.76. The van der Waals surface area contributed by atoms with Gasteiger partial charge in [-0.05, 0) is 19.9 Å². The predicted octanol–water partition coefficient (Wildman–Crippen LogP) is 0.185. The zero-order valence-electron chi connectivity index (χ0n) is 12.2. The minimum absolute atomic E-state index is 0.0380. The van der Waals surface area contributed by atoms with Crippen molar-refractivity contribution < 1.29 is 23.4 Å². The first kappa shape index (κ1) is 16.8. The standard InChI is InChI=1S/C13H19F2N3O4/c1-6(2)21-5-7-11(19)9(14)10(15)12(22-7)18-4-3-8(16)17-13(18)20/h3-4,6-7,9-12,19H,5H2,1-2H3,(H2,16,17,20)/t7-,9-,10?,11+,12-/m1/s1. The van der Waals surface area contributed by atoms with Gasteiger partial charge in [0.1, 0.15) is 18.0 Å². The Kier molecular flexibility index (Phi) is 5.09. The number of aliphatic hydroxyl groups excluding tert-OH is 1. The molecule has 1 unspecified atom stereocenters. The van der Waals surface area contributed by atoms with Crippen molar-refractivity contribution in [3.63, 3.8) is 0 Å². The molecule has 0 aromatic carbocycles. The quantitative estimate of drug-likeness (QED) is 0.821. The van der Waals surface area contributed by atoms with E-state index in [1.165, 1.54) is 12.3 Å². The molecule has 1 fully saturated rings. The Morgan fingerprint density at radius 3 is 2.77 bits per heavy atom. The maximum absolute atomic E-state index is 14.1. The van der Waals surface area contributed by atoms with Gasteiger partial charge in [-0.15, -0.1) is 0 Å². The highest BCUT2D eigenvalue weighted by Gasteiger charge is 2.47. The van der Waals surface area contributed by atoms with Crippen LogP contribution in [-0.4, -0.2) is 51.9 Å². The topological polar surface area (TPSA) is 99.6 Å². The first-order valence-corrected chi connectivity index (χ1v) is 6.89. The lowest BCUT2D eigenvalue weighted by molar-refractivity contribution is -0.226. The van der Waals surface area contributed by atoms with E-state index in [4.69, 9.17) is 15.2 Å². The van der Waals surface area contributed by atoms with E-state index in [1.54, 1.807) is 13.8 Å². The first-order chi connectivity index (χ1) is 10.3. The molecule has 1 aliphatic rings. The minimum Gasteiger partial charge on any atom is -0.387 e. The summed E-state index contributed by atoms with van der Waals surface area (Å²) < 4.78 is 39.5. The van der Waals surface area contributed by atoms with Crippen LogP contribution in [0.3, 0.4) is 0 Å². The first-order valence-electron chi connectivity index (χ1n) is 6.89. The highest BCUT2D eigenvalue weighted by molar-refractivity contribution is 5.23. The van der Waals surface area contributed by atoms with Crippen LogP contribution in [0.4, 0.5) is 14.6 Å². The van der Waals surface area contributed by atoms with Crippen molar-refractivity contribution in [1.29, 1.82) is 0 Å². The van der Waals surface area contributed by atoms with Crippen molar-refractivity contribution in [2.75, 3.05) is 12.3 Å². The smallest absolute Gasteiger partial charge is 0.351 e. The lowest BCUT2D eigenvalue weighted by atomic mass is 10.0. The Morgan fingerprint density at radius 2 is 2.18 bits per heavy atom. The van der Waals surface area contributed by atoms with E-state index in [9.17, 15) is 18.7 Å². The highest BCUT2D eigenvalue weighted by Crippen LogP contribution is 2.31. The molecule has 0 saturated carbocycles. The van der Waals surface area contributed by atoms with Crippen LogP contribution in [0.5, 0.6) is 0 Å². The van der Waals surface area contributed by atoms with Gasteiger partial charge < -0.3 is 20.3 Å². The third-order valence-electron chi connectivity index (χ3n) is 3.32. The van der Waals surface area contributed by atoms with Crippen LogP contribution in [0.2, 0.25) is 0 Å². The van der Waals surface area contributed by atoms with Crippen LogP contribution < -0.4 is 11.4 Å². The van der Waals surface area contributed by atoms with E-state index in [1.807, 2.05) is 0 Å². The fourth-order valence-electron chi connectivity index (χ4n) is 2.15. The van der Waals surface area contributed by atoms with Crippen LogP contribution >= 0.6 is 0 Å². The number of rotatable bonds is 4. The number of aliphatic hydroxyl groups is 1. The summed E-state index contributed by atoms with van der Waals surface area (Å²) in [6, 6.07) is 1.27. The van der Waals surface area contributed by atoms with Gasteiger partial charge in [-0.25, -0.2) is 13.6 Å². The molecule has 124 valence electrons. The second kappa shape index (κ2) is 6.67. The molecule has 1 aromatic heterocycles. The molecular formula is C13H19F2N3O4. The molecule has 2 rings (SSSR count). The van der Waals surface area contributed by atoms with Crippen molar-refractivity contribution >= 4 is 5.82 Å². The Hall–Kier alpha value is -1.58. The van der Waals surface area contributed by atoms with Crippen LogP contribution in [0.25, 0.3) is 0 Å². The summed E-state index contributed by atoms with van der Waals surface area (Å²) >= 11 is 0. The molecule has 0 aliphatic carbocycles. The van der Waals surface area contributed by atoms with E-state index < -0.39 is 36.5 Å². The molecule has 0 amide bonds. The van der Waals surface area contributed by atoms with E-state index in [2.05, 4.69) is 4.98 Å². The average molecular weight is 319 g/mol. The number of alkyl halides is 2. The number of halogens is 2. The fourth-order valence-corrected chi connectivity index (χ4v) is 2.15. The summed E-state index contributed by atoms with van der Waals surface area (Å²) in [5.74, 6) is -0.0380. The minimum atomic E-state index is -2.21. The summed E-state index contributed by atoms with van der Waals surface area (Å²) in [6.07, 6.45) is -7.73. The number of hydrogen-bond donors (Lipinski definition) is 2. The van der Waals surface area contributed by atoms with Crippen LogP contribution in [0, 0.1) is 0 Å². The van der Waals surface area contributed by atoms with E-state index in [0.29, 0.717) is 0 Å². The summed E-state index contributed by atoms with van der Waals surface area (Å²) in [7, 11) is 0. The number of nitrogens with two attached hydrogens (primary N) is 1. The van der Waals surface area contributed by atoms with Crippen LogP contribution in [-0.2, 0) is 9.47 Å². The second-order valence-corrected chi connectivity index (χ2v) is 5.37. The molecular weight excluding hydrogens is 300 g/mol. The number of hydrogen-bond acceptors (Lipinski definition) is 6. The lowest BCUT2D eigenvalue weighted by Gasteiger charge is -2.38. The summed E-state index contributed by atoms with van der Waals surface area (Å²) in [5.41, 5.74) is 4.49. The van der Waals surface area contributed by atoms with E-state index in [-0.39, 0.29) is 18.5 Å². The zero-order chi connectivity index (χ0) is 16.4. The summed E-state index contributed by atoms with van der Waals surface area (Å²) in [6.45, 7) is 3.39. The van der Waals surface area contributed by atoms with Gasteiger partial charge in [0.05, 0.1) is 12.7 Å². The Morgan fingerprint density at radius 1 is 1.50 bits per heavy atom. The lowest BCUT2D eigenvalue weighted by Crippen LogP contribution is -2.55. The van der Waals surface area contributed by atoms with Gasteiger partial charge in [0, 0.05) is 6.20 Å². The van der Waals surface area contributed by atoms with Gasteiger partial charge in [-0.2, -0.15) is 4.98 Å². The van der Waals surface area contributed by atoms with Crippen molar-refractivity contribution in [3.8, 4) is 0 Å². The van der Waals surface area contributed by atoms with E-state index >= 15 is 0 Å². The molecule has 1 saturated heterocycles. The molecule has 22 heavy (non-hydrogen) atoms. The third kappa shape index (κ3) is 3.42. The Balaban J connectivity index is 2.24. The molecule has 0 spiro atoms. The number of nitrogen functional groups attached to an aromatic ring is 1. The molecule has 0 radical (unpaired) electrons. The van der Waals surface area contributed by atoms with Gasteiger partial charge in [-0.1, -0.05) is 0 Å². The molecule has 2 heterocycles. The molecule has 1 aliphatic heterocycles. The Labute approximate surface area is 125 Å². The molecule has 7 nitrogen and oxygen atoms in total. The highest BCUT2D eigenvalue weighted by atomic mass is 19.2. The predicted molar refractivity (Wildman–Crippen MR) is 73.7 cm³/mol. The average Bonchev–Trinajstić information content (AvgIpc) is 2.45. The molecule has 1 aromatic rings. The summed E-state index contributed by atoms with van der Waals surface area (Å²) in [4.78, 5) is 15.2. The fraction of sp³-hybridized carbons (Fsp3) is 0.692. The van der Waals surface area contributed by atoms with E-state index in [0.717, 1.165) is 4.57 Å².